The number of anilines is 2. The van der Waals surface area contributed by atoms with E-state index in [4.69, 9.17) is 4.42 Å². The molecule has 2 N–H and O–H groups in total. The van der Waals surface area contributed by atoms with E-state index >= 15 is 0 Å². The second kappa shape index (κ2) is 8.00. The van der Waals surface area contributed by atoms with Gasteiger partial charge in [-0.3, -0.25) is 9.69 Å². The van der Waals surface area contributed by atoms with Crippen molar-refractivity contribution >= 4 is 17.3 Å². The molecule has 3 aliphatic rings. The first-order valence-electron chi connectivity index (χ1n) is 10.8. The van der Waals surface area contributed by atoms with Crippen molar-refractivity contribution in [3.8, 4) is 11.3 Å². The van der Waals surface area contributed by atoms with Crippen molar-refractivity contribution in [3.63, 3.8) is 0 Å². The number of hydrogen-bond acceptors (Lipinski definition) is 4. The lowest BCUT2D eigenvalue weighted by molar-refractivity contribution is 0.0211. The van der Waals surface area contributed by atoms with Crippen molar-refractivity contribution in [3.05, 3.63) is 72.5 Å². The van der Waals surface area contributed by atoms with Gasteiger partial charge in [-0.05, 0) is 75.2 Å². The van der Waals surface area contributed by atoms with Crippen LogP contribution in [0.4, 0.5) is 11.4 Å². The first kappa shape index (κ1) is 18.9. The van der Waals surface area contributed by atoms with Gasteiger partial charge in [0.05, 0.1) is 0 Å². The van der Waals surface area contributed by atoms with E-state index in [1.165, 1.54) is 0 Å². The number of furan rings is 1. The van der Waals surface area contributed by atoms with E-state index in [2.05, 4.69) is 22.5 Å². The maximum atomic E-state index is 12.9. The molecule has 5 nitrogen and oxygen atoms in total. The van der Waals surface area contributed by atoms with Crippen LogP contribution in [-0.2, 0) is 0 Å². The van der Waals surface area contributed by atoms with Crippen LogP contribution in [0.3, 0.4) is 0 Å². The molecule has 0 saturated carbocycles. The normalized spacial score (nSPS) is 25.1. The van der Waals surface area contributed by atoms with Crippen LogP contribution in [0.15, 0.2) is 71.1 Å². The third-order valence-electron chi connectivity index (χ3n) is 6.55. The van der Waals surface area contributed by atoms with E-state index in [-0.39, 0.29) is 11.9 Å². The summed E-state index contributed by atoms with van der Waals surface area (Å²) in [6.45, 7) is 4.51. The molecule has 6 rings (SSSR count). The molecule has 2 atom stereocenters. The summed E-state index contributed by atoms with van der Waals surface area (Å²) in [5, 5.41) is 6.68. The summed E-state index contributed by atoms with van der Waals surface area (Å²) in [7, 11) is 0. The van der Waals surface area contributed by atoms with Crippen molar-refractivity contribution in [2.45, 2.75) is 31.8 Å². The summed E-state index contributed by atoms with van der Waals surface area (Å²) < 4.78 is 6.00. The van der Waals surface area contributed by atoms with Gasteiger partial charge in [0.2, 0.25) is 0 Å². The largest absolute Gasteiger partial charge is 0.451 e. The lowest BCUT2D eigenvalue weighted by Gasteiger charge is -2.49. The Morgan fingerprint density at radius 1 is 0.967 bits per heavy atom. The average Bonchev–Trinajstić information content (AvgIpc) is 3.28. The number of benzene rings is 2. The zero-order valence-corrected chi connectivity index (χ0v) is 17.2. The molecule has 1 amide bonds. The molecule has 3 aromatic rings. The standard InChI is InChI=1S/C25H27N3O2/c1-17-24(18-13-15-28(17)16-14-18)27-25(29)23-12-11-22(30-23)20-9-5-6-10-21(20)26-19-7-3-2-4-8-19/h2-12,17-18,24,26H,13-16H2,1H3,(H,27,29)/t17-,24-/m0/s1. The number of para-hydroxylation sites is 2. The number of fused-ring (bicyclic) bond motifs is 3. The predicted octanol–water partition coefficient (Wildman–Crippen LogP) is 4.90. The number of hydrogen-bond donors (Lipinski definition) is 2. The minimum atomic E-state index is -0.125. The van der Waals surface area contributed by atoms with E-state index in [0.717, 1.165) is 42.9 Å². The van der Waals surface area contributed by atoms with Crippen LogP contribution in [0.1, 0.15) is 30.3 Å². The maximum absolute atomic E-state index is 12.9. The third kappa shape index (κ3) is 3.61. The number of rotatable bonds is 5. The van der Waals surface area contributed by atoms with E-state index in [0.29, 0.717) is 23.5 Å². The van der Waals surface area contributed by atoms with Crippen LogP contribution >= 0.6 is 0 Å². The van der Waals surface area contributed by atoms with Gasteiger partial charge in [0, 0.05) is 29.0 Å². The van der Waals surface area contributed by atoms with E-state index in [1.54, 1.807) is 6.07 Å². The SMILES string of the molecule is C[C@H]1[C@H](NC(=O)c2ccc(-c3ccccc3Nc3ccccc3)o2)C2CCN1CC2. The van der Waals surface area contributed by atoms with Crippen LogP contribution < -0.4 is 10.6 Å². The van der Waals surface area contributed by atoms with Gasteiger partial charge in [0.1, 0.15) is 5.76 Å². The van der Waals surface area contributed by atoms with Crippen molar-refractivity contribution in [2.75, 3.05) is 18.4 Å². The average molecular weight is 402 g/mol. The second-order valence-electron chi connectivity index (χ2n) is 8.31. The molecule has 30 heavy (non-hydrogen) atoms. The van der Waals surface area contributed by atoms with E-state index < -0.39 is 0 Å². The molecule has 4 heterocycles. The smallest absolute Gasteiger partial charge is 0.287 e. The Hall–Kier alpha value is -3.05. The van der Waals surface area contributed by atoms with Crippen LogP contribution in [0.5, 0.6) is 0 Å². The summed E-state index contributed by atoms with van der Waals surface area (Å²) >= 11 is 0. The van der Waals surface area contributed by atoms with Crippen LogP contribution in [0, 0.1) is 5.92 Å². The summed E-state index contributed by atoms with van der Waals surface area (Å²) in [5.74, 6) is 1.49. The molecule has 5 heteroatoms. The molecule has 1 aromatic heterocycles. The minimum absolute atomic E-state index is 0.125. The molecule has 0 unspecified atom stereocenters. The van der Waals surface area contributed by atoms with Gasteiger partial charge in [-0.2, -0.15) is 0 Å². The number of carbonyl (C=O) groups excluding carboxylic acids is 1. The number of amides is 1. The molecule has 3 aliphatic heterocycles. The fraction of sp³-hybridized carbons (Fsp3) is 0.320. The Balaban J connectivity index is 1.34. The van der Waals surface area contributed by atoms with Gasteiger partial charge in [-0.1, -0.05) is 30.3 Å². The zero-order chi connectivity index (χ0) is 20.5. The zero-order valence-electron chi connectivity index (χ0n) is 17.2. The van der Waals surface area contributed by atoms with E-state index in [9.17, 15) is 4.79 Å². The van der Waals surface area contributed by atoms with Gasteiger partial charge in [0.25, 0.3) is 5.91 Å². The Labute approximate surface area is 177 Å². The fourth-order valence-corrected chi connectivity index (χ4v) is 4.86. The molecule has 0 aliphatic carbocycles. The first-order chi connectivity index (χ1) is 14.7. The highest BCUT2D eigenvalue weighted by Gasteiger charge is 2.40. The van der Waals surface area contributed by atoms with Crippen molar-refractivity contribution in [1.29, 1.82) is 0 Å². The number of piperidine rings is 3. The van der Waals surface area contributed by atoms with Gasteiger partial charge in [-0.25, -0.2) is 0 Å². The highest BCUT2D eigenvalue weighted by molar-refractivity contribution is 5.92. The molecular formula is C25H27N3O2. The lowest BCUT2D eigenvalue weighted by Crippen LogP contribution is -2.62. The lowest BCUT2D eigenvalue weighted by atomic mass is 9.79. The van der Waals surface area contributed by atoms with Gasteiger partial charge in [0.15, 0.2) is 5.76 Å². The topological polar surface area (TPSA) is 57.5 Å². The summed E-state index contributed by atoms with van der Waals surface area (Å²) in [6, 6.07) is 22.2. The van der Waals surface area contributed by atoms with E-state index in [1.807, 2.05) is 60.7 Å². The van der Waals surface area contributed by atoms with Crippen molar-refractivity contribution in [2.24, 2.45) is 5.92 Å². The molecule has 0 radical (unpaired) electrons. The Morgan fingerprint density at radius 3 is 2.47 bits per heavy atom. The van der Waals surface area contributed by atoms with Crippen LogP contribution in [0.25, 0.3) is 11.3 Å². The minimum Gasteiger partial charge on any atom is -0.451 e. The highest BCUT2D eigenvalue weighted by atomic mass is 16.3. The monoisotopic (exact) mass is 401 g/mol. The number of carbonyl (C=O) groups is 1. The maximum Gasteiger partial charge on any atom is 0.287 e. The quantitative estimate of drug-likeness (QED) is 0.638. The molecule has 3 saturated heterocycles. The molecule has 0 spiro atoms. The van der Waals surface area contributed by atoms with Crippen LogP contribution in [-0.4, -0.2) is 36.0 Å². The summed E-state index contributed by atoms with van der Waals surface area (Å²) in [5.41, 5.74) is 2.87. The molecule has 3 fully saturated rings. The third-order valence-corrected chi connectivity index (χ3v) is 6.55. The molecular weight excluding hydrogens is 374 g/mol. The van der Waals surface area contributed by atoms with Gasteiger partial charge in [-0.15, -0.1) is 0 Å². The first-order valence-corrected chi connectivity index (χ1v) is 10.8. The van der Waals surface area contributed by atoms with Gasteiger partial charge < -0.3 is 15.1 Å². The van der Waals surface area contributed by atoms with Crippen molar-refractivity contribution < 1.29 is 9.21 Å². The number of nitrogens with zero attached hydrogens (tertiary/aromatic N) is 1. The highest BCUT2D eigenvalue weighted by Crippen LogP contribution is 2.34. The fourth-order valence-electron chi connectivity index (χ4n) is 4.86. The summed E-state index contributed by atoms with van der Waals surface area (Å²) in [6.07, 6.45) is 2.33. The molecule has 2 bridgehead atoms. The molecule has 154 valence electrons. The van der Waals surface area contributed by atoms with Crippen molar-refractivity contribution in [1.82, 2.24) is 10.2 Å². The Bertz CT molecular complexity index is 1020. The Morgan fingerprint density at radius 2 is 1.70 bits per heavy atom. The number of nitrogens with one attached hydrogen (secondary N) is 2. The predicted molar refractivity (Wildman–Crippen MR) is 119 cm³/mol. The Kier molecular flexibility index (Phi) is 5.05. The van der Waals surface area contributed by atoms with Gasteiger partial charge >= 0.3 is 0 Å². The summed E-state index contributed by atoms with van der Waals surface area (Å²) in [4.78, 5) is 15.4. The molecule has 2 aromatic carbocycles. The van der Waals surface area contributed by atoms with Crippen LogP contribution in [0.2, 0.25) is 0 Å². The second-order valence-corrected chi connectivity index (χ2v) is 8.31.